The molecule has 8 heteroatoms. The largest absolute Gasteiger partial charge is 0.416 e. The Hall–Kier alpha value is -3.16. The van der Waals surface area contributed by atoms with E-state index in [0.717, 1.165) is 12.1 Å². The van der Waals surface area contributed by atoms with Gasteiger partial charge in [-0.05, 0) is 50.1 Å². The van der Waals surface area contributed by atoms with Crippen LogP contribution in [0.25, 0.3) is 10.9 Å². The van der Waals surface area contributed by atoms with Crippen LogP contribution in [-0.2, 0) is 12.7 Å². The normalized spacial score (nSPS) is 12.7. The van der Waals surface area contributed by atoms with E-state index in [0.29, 0.717) is 42.7 Å². The smallest absolute Gasteiger partial charge is 0.329 e. The fourth-order valence-corrected chi connectivity index (χ4v) is 3.79. The van der Waals surface area contributed by atoms with E-state index in [1.54, 1.807) is 35.8 Å². The summed E-state index contributed by atoms with van der Waals surface area (Å²) >= 11 is 0. The number of hydrogen-bond acceptors (Lipinski definition) is 3. The number of para-hydroxylation sites is 1. The van der Waals surface area contributed by atoms with E-state index in [1.807, 2.05) is 13.8 Å². The van der Waals surface area contributed by atoms with Gasteiger partial charge in [0, 0.05) is 18.7 Å². The molecular formula is C24H26F3N3O2. The molecule has 3 aromatic rings. The number of nitrogens with zero attached hydrogens (tertiary/aromatic N) is 3. The fraction of sp³-hybridized carbons (Fsp3) is 0.375. The van der Waals surface area contributed by atoms with Gasteiger partial charge in [0.05, 0.1) is 22.5 Å². The SMILES string of the molecule is CCCN(C(=O)c1cccc(C(F)(F)F)c1)C(C)c1nc2ccccc2c(=O)n1CCC. The minimum atomic E-state index is -4.54. The predicted octanol–water partition coefficient (Wildman–Crippen LogP) is 5.44. The van der Waals surface area contributed by atoms with Crippen molar-refractivity contribution in [2.45, 2.75) is 52.4 Å². The summed E-state index contributed by atoms with van der Waals surface area (Å²) in [4.78, 5) is 32.6. The molecule has 0 radical (unpaired) electrons. The summed E-state index contributed by atoms with van der Waals surface area (Å²) in [6.07, 6.45) is -3.26. The number of aromatic nitrogens is 2. The van der Waals surface area contributed by atoms with Crippen molar-refractivity contribution in [3.8, 4) is 0 Å². The second-order valence-corrected chi connectivity index (χ2v) is 7.70. The molecule has 1 heterocycles. The van der Waals surface area contributed by atoms with Gasteiger partial charge in [-0.3, -0.25) is 14.2 Å². The van der Waals surface area contributed by atoms with Crippen molar-refractivity contribution in [3.05, 3.63) is 75.8 Å². The first-order valence-electron chi connectivity index (χ1n) is 10.7. The third kappa shape index (κ3) is 4.69. The number of fused-ring (bicyclic) bond motifs is 1. The van der Waals surface area contributed by atoms with Gasteiger partial charge < -0.3 is 4.90 Å². The molecule has 1 aromatic heterocycles. The lowest BCUT2D eigenvalue weighted by atomic mass is 10.1. The molecule has 0 bridgehead atoms. The number of hydrogen-bond donors (Lipinski definition) is 0. The Balaban J connectivity index is 2.09. The first-order chi connectivity index (χ1) is 15.2. The van der Waals surface area contributed by atoms with E-state index in [4.69, 9.17) is 0 Å². The van der Waals surface area contributed by atoms with E-state index < -0.39 is 23.7 Å². The number of halogens is 3. The van der Waals surface area contributed by atoms with Gasteiger partial charge in [-0.15, -0.1) is 0 Å². The topological polar surface area (TPSA) is 55.2 Å². The summed E-state index contributed by atoms with van der Waals surface area (Å²) in [5.41, 5.74) is -0.596. The van der Waals surface area contributed by atoms with Crippen LogP contribution >= 0.6 is 0 Å². The summed E-state index contributed by atoms with van der Waals surface area (Å²) in [7, 11) is 0. The Bertz CT molecular complexity index is 1170. The minimum Gasteiger partial charge on any atom is -0.329 e. The van der Waals surface area contributed by atoms with E-state index >= 15 is 0 Å². The summed E-state index contributed by atoms with van der Waals surface area (Å²) in [6, 6.07) is 10.8. The summed E-state index contributed by atoms with van der Waals surface area (Å²) in [5, 5.41) is 0.489. The van der Waals surface area contributed by atoms with Gasteiger partial charge >= 0.3 is 6.18 Å². The zero-order chi connectivity index (χ0) is 23.5. The Morgan fingerprint density at radius 2 is 1.81 bits per heavy atom. The highest BCUT2D eigenvalue weighted by atomic mass is 19.4. The average Bonchev–Trinajstić information content (AvgIpc) is 2.78. The molecule has 0 N–H and O–H groups in total. The molecule has 3 rings (SSSR count). The highest BCUT2D eigenvalue weighted by Gasteiger charge is 2.32. The van der Waals surface area contributed by atoms with Crippen LogP contribution in [0.5, 0.6) is 0 Å². The van der Waals surface area contributed by atoms with Crippen LogP contribution in [0.2, 0.25) is 0 Å². The van der Waals surface area contributed by atoms with Crippen LogP contribution in [0.15, 0.2) is 53.3 Å². The van der Waals surface area contributed by atoms with Gasteiger partial charge in [-0.25, -0.2) is 4.98 Å². The Morgan fingerprint density at radius 1 is 1.09 bits per heavy atom. The van der Waals surface area contributed by atoms with Crippen LogP contribution in [-0.4, -0.2) is 26.9 Å². The van der Waals surface area contributed by atoms with Crippen molar-refractivity contribution < 1.29 is 18.0 Å². The Kier molecular flexibility index (Phi) is 7.01. The summed E-state index contributed by atoms with van der Waals surface area (Å²) < 4.78 is 41.0. The van der Waals surface area contributed by atoms with E-state index in [2.05, 4.69) is 4.98 Å². The molecule has 0 fully saturated rings. The molecule has 170 valence electrons. The van der Waals surface area contributed by atoms with Crippen LogP contribution in [0.1, 0.15) is 61.4 Å². The van der Waals surface area contributed by atoms with Crippen LogP contribution in [0, 0.1) is 0 Å². The molecule has 0 aliphatic rings. The monoisotopic (exact) mass is 445 g/mol. The summed E-state index contributed by atoms with van der Waals surface area (Å²) in [6.45, 7) is 6.31. The standard InChI is InChI=1S/C24H26F3N3O2/c1-4-13-29(22(31)17-9-8-10-18(15-17)24(25,26)27)16(3)21-28-20-12-7-6-11-19(20)23(32)30(21)14-5-2/h6-12,15-16H,4-5,13-14H2,1-3H3. The lowest BCUT2D eigenvalue weighted by molar-refractivity contribution is -0.137. The quantitative estimate of drug-likeness (QED) is 0.487. The number of carbonyl (C=O) groups is 1. The molecule has 2 aromatic carbocycles. The maximum Gasteiger partial charge on any atom is 0.416 e. The van der Waals surface area contributed by atoms with Gasteiger partial charge in [-0.1, -0.05) is 32.0 Å². The van der Waals surface area contributed by atoms with Crippen molar-refractivity contribution in [1.82, 2.24) is 14.5 Å². The highest BCUT2D eigenvalue weighted by Crippen LogP contribution is 2.30. The van der Waals surface area contributed by atoms with Gasteiger partial charge in [0.15, 0.2) is 0 Å². The highest BCUT2D eigenvalue weighted by molar-refractivity contribution is 5.94. The second-order valence-electron chi connectivity index (χ2n) is 7.70. The molecule has 1 atom stereocenters. The number of alkyl halides is 3. The lowest BCUT2D eigenvalue weighted by Gasteiger charge is -2.30. The van der Waals surface area contributed by atoms with Crippen molar-refractivity contribution >= 4 is 16.8 Å². The maximum atomic E-state index is 13.3. The molecule has 0 spiro atoms. The van der Waals surface area contributed by atoms with E-state index in [9.17, 15) is 22.8 Å². The molecule has 32 heavy (non-hydrogen) atoms. The van der Waals surface area contributed by atoms with Crippen molar-refractivity contribution in [3.63, 3.8) is 0 Å². The van der Waals surface area contributed by atoms with Crippen molar-refractivity contribution in [1.29, 1.82) is 0 Å². The molecule has 0 saturated heterocycles. The van der Waals surface area contributed by atoms with Crippen LogP contribution < -0.4 is 5.56 Å². The minimum absolute atomic E-state index is 0.0506. The van der Waals surface area contributed by atoms with Crippen LogP contribution in [0.4, 0.5) is 13.2 Å². The third-order valence-corrected chi connectivity index (χ3v) is 5.34. The van der Waals surface area contributed by atoms with Gasteiger partial charge in [0.2, 0.25) is 0 Å². The number of carbonyl (C=O) groups excluding carboxylic acids is 1. The molecule has 0 aliphatic heterocycles. The van der Waals surface area contributed by atoms with Gasteiger partial charge in [0.1, 0.15) is 5.82 Å². The van der Waals surface area contributed by atoms with Gasteiger partial charge in [0.25, 0.3) is 11.5 Å². The zero-order valence-corrected chi connectivity index (χ0v) is 18.3. The first-order valence-corrected chi connectivity index (χ1v) is 10.7. The maximum absolute atomic E-state index is 13.3. The van der Waals surface area contributed by atoms with Crippen molar-refractivity contribution in [2.75, 3.05) is 6.54 Å². The molecule has 0 aliphatic carbocycles. The first kappa shape index (κ1) is 23.5. The number of benzene rings is 2. The molecule has 1 unspecified atom stereocenters. The molecule has 1 amide bonds. The summed E-state index contributed by atoms with van der Waals surface area (Å²) in [5.74, 6) is -0.111. The van der Waals surface area contributed by atoms with Gasteiger partial charge in [-0.2, -0.15) is 13.2 Å². The zero-order valence-electron chi connectivity index (χ0n) is 18.3. The Morgan fingerprint density at radius 3 is 2.47 bits per heavy atom. The van der Waals surface area contributed by atoms with Crippen LogP contribution in [0.3, 0.4) is 0 Å². The fourth-order valence-electron chi connectivity index (χ4n) is 3.79. The lowest BCUT2D eigenvalue weighted by Crippen LogP contribution is -2.38. The van der Waals surface area contributed by atoms with Crippen molar-refractivity contribution in [2.24, 2.45) is 0 Å². The van der Waals surface area contributed by atoms with E-state index in [1.165, 1.54) is 17.0 Å². The number of rotatable bonds is 7. The van der Waals surface area contributed by atoms with E-state index in [-0.39, 0.29) is 11.1 Å². The molecule has 5 nitrogen and oxygen atoms in total. The second kappa shape index (κ2) is 9.54. The predicted molar refractivity (Wildman–Crippen MR) is 117 cm³/mol. The number of amides is 1. The third-order valence-electron chi connectivity index (χ3n) is 5.34. The Labute approximate surface area is 184 Å². The molecule has 0 saturated carbocycles. The average molecular weight is 445 g/mol. The molecular weight excluding hydrogens is 419 g/mol.